The average molecular weight is 397 g/mol. The van der Waals surface area contributed by atoms with Gasteiger partial charge in [0.15, 0.2) is 0 Å². The van der Waals surface area contributed by atoms with Gasteiger partial charge in [-0.1, -0.05) is 31.5 Å². The number of thiazole rings is 1. The molecule has 1 aromatic heterocycles. The molecule has 0 aliphatic carbocycles. The number of amides is 2. The SMILES string of the molecule is CCN(CC)Cc1csc(CNC(=O)NS(=O)(=O)c2ccc(C)cc2)n1. The third-order valence-corrected chi connectivity index (χ3v) is 6.08. The quantitative estimate of drug-likeness (QED) is 0.715. The Balaban J connectivity index is 1.88. The number of nitrogens with zero attached hydrogens (tertiary/aromatic N) is 2. The molecular weight excluding hydrogens is 372 g/mol. The fourth-order valence-electron chi connectivity index (χ4n) is 2.27. The number of sulfonamides is 1. The van der Waals surface area contributed by atoms with Crippen molar-refractivity contribution >= 4 is 27.4 Å². The van der Waals surface area contributed by atoms with Gasteiger partial charge in [-0.05, 0) is 32.1 Å². The number of rotatable bonds is 8. The molecule has 0 aliphatic heterocycles. The highest BCUT2D eigenvalue weighted by Crippen LogP contribution is 2.12. The number of carbonyl (C=O) groups excluding carboxylic acids is 1. The van der Waals surface area contributed by atoms with E-state index in [9.17, 15) is 13.2 Å². The van der Waals surface area contributed by atoms with Gasteiger partial charge in [-0.25, -0.2) is 22.9 Å². The molecule has 9 heteroatoms. The Morgan fingerprint density at radius 1 is 1.19 bits per heavy atom. The van der Waals surface area contributed by atoms with Crippen molar-refractivity contribution in [2.45, 2.75) is 38.8 Å². The minimum Gasteiger partial charge on any atom is -0.331 e. The van der Waals surface area contributed by atoms with E-state index in [-0.39, 0.29) is 11.4 Å². The normalized spacial score (nSPS) is 11.5. The second kappa shape index (κ2) is 9.11. The molecule has 1 aromatic carbocycles. The van der Waals surface area contributed by atoms with Gasteiger partial charge in [-0.3, -0.25) is 4.90 Å². The first-order valence-electron chi connectivity index (χ1n) is 8.37. The van der Waals surface area contributed by atoms with Crippen molar-refractivity contribution in [3.05, 3.63) is 45.9 Å². The molecule has 0 bridgehead atoms. The molecule has 2 rings (SSSR count). The summed E-state index contributed by atoms with van der Waals surface area (Å²) < 4.78 is 26.3. The molecule has 0 fully saturated rings. The van der Waals surface area contributed by atoms with Crippen LogP contribution in [0.3, 0.4) is 0 Å². The summed E-state index contributed by atoms with van der Waals surface area (Å²) in [4.78, 5) is 18.7. The van der Waals surface area contributed by atoms with Crippen LogP contribution in [0.5, 0.6) is 0 Å². The van der Waals surface area contributed by atoms with E-state index in [2.05, 4.69) is 29.0 Å². The molecule has 7 nitrogen and oxygen atoms in total. The van der Waals surface area contributed by atoms with E-state index in [4.69, 9.17) is 0 Å². The predicted octanol–water partition coefficient (Wildman–Crippen LogP) is 2.48. The van der Waals surface area contributed by atoms with Crippen LogP contribution in [0.2, 0.25) is 0 Å². The molecule has 0 radical (unpaired) electrons. The maximum absolute atomic E-state index is 12.2. The zero-order chi connectivity index (χ0) is 19.2. The van der Waals surface area contributed by atoms with E-state index < -0.39 is 16.1 Å². The summed E-state index contributed by atoms with van der Waals surface area (Å²) in [5.41, 5.74) is 1.89. The van der Waals surface area contributed by atoms with E-state index in [1.54, 1.807) is 12.1 Å². The van der Waals surface area contributed by atoms with Crippen molar-refractivity contribution < 1.29 is 13.2 Å². The zero-order valence-corrected chi connectivity index (χ0v) is 16.8. The topological polar surface area (TPSA) is 91.4 Å². The molecule has 0 aliphatic rings. The molecule has 0 saturated heterocycles. The van der Waals surface area contributed by atoms with Gasteiger partial charge in [-0.2, -0.15) is 0 Å². The van der Waals surface area contributed by atoms with Gasteiger partial charge in [0.1, 0.15) is 5.01 Å². The van der Waals surface area contributed by atoms with E-state index in [0.717, 1.165) is 35.9 Å². The van der Waals surface area contributed by atoms with E-state index in [1.165, 1.54) is 23.5 Å². The van der Waals surface area contributed by atoms with Crippen LogP contribution in [0.15, 0.2) is 34.5 Å². The number of carbonyl (C=O) groups is 1. The Morgan fingerprint density at radius 2 is 1.85 bits per heavy atom. The molecule has 1 heterocycles. The second-order valence-electron chi connectivity index (χ2n) is 5.80. The summed E-state index contributed by atoms with van der Waals surface area (Å²) >= 11 is 1.44. The van der Waals surface area contributed by atoms with Crippen molar-refractivity contribution in [2.75, 3.05) is 13.1 Å². The van der Waals surface area contributed by atoms with E-state index in [1.807, 2.05) is 17.0 Å². The van der Waals surface area contributed by atoms with Crippen molar-refractivity contribution in [3.63, 3.8) is 0 Å². The maximum atomic E-state index is 12.2. The third-order valence-electron chi connectivity index (χ3n) is 3.84. The standard InChI is InChI=1S/C17H24N4O3S2/c1-4-21(5-2)11-14-12-25-16(19-14)10-18-17(22)20-26(23,24)15-8-6-13(3)7-9-15/h6-9,12H,4-5,10-11H2,1-3H3,(H2,18,20,22). The summed E-state index contributed by atoms with van der Waals surface area (Å²) in [5.74, 6) is 0. The third kappa shape index (κ3) is 5.79. The first-order chi connectivity index (χ1) is 12.3. The van der Waals surface area contributed by atoms with Crippen LogP contribution in [0.25, 0.3) is 0 Å². The fraction of sp³-hybridized carbons (Fsp3) is 0.412. The van der Waals surface area contributed by atoms with Crippen molar-refractivity contribution in [3.8, 4) is 0 Å². The monoisotopic (exact) mass is 396 g/mol. The Morgan fingerprint density at radius 3 is 2.46 bits per heavy atom. The molecule has 0 unspecified atom stereocenters. The van der Waals surface area contributed by atoms with Gasteiger partial charge in [0, 0.05) is 11.9 Å². The average Bonchev–Trinajstić information content (AvgIpc) is 3.05. The number of aryl methyl sites for hydroxylation is 1. The predicted molar refractivity (Wildman–Crippen MR) is 102 cm³/mol. The van der Waals surface area contributed by atoms with Crippen LogP contribution in [0.1, 0.15) is 30.1 Å². The lowest BCUT2D eigenvalue weighted by molar-refractivity contribution is 0.245. The van der Waals surface area contributed by atoms with Crippen LogP contribution >= 0.6 is 11.3 Å². The number of hydrogen-bond donors (Lipinski definition) is 2. The molecule has 2 N–H and O–H groups in total. The molecule has 142 valence electrons. The molecule has 26 heavy (non-hydrogen) atoms. The van der Waals surface area contributed by atoms with Crippen LogP contribution in [0, 0.1) is 6.92 Å². The van der Waals surface area contributed by atoms with Crippen LogP contribution < -0.4 is 10.0 Å². The molecular formula is C17H24N4O3S2. The number of nitrogens with one attached hydrogen (secondary N) is 2. The molecule has 2 aromatic rings. The molecule has 0 spiro atoms. The van der Waals surface area contributed by atoms with E-state index >= 15 is 0 Å². The zero-order valence-electron chi connectivity index (χ0n) is 15.2. The van der Waals surface area contributed by atoms with Crippen LogP contribution in [-0.4, -0.2) is 37.4 Å². The lowest BCUT2D eigenvalue weighted by Crippen LogP contribution is -2.39. The summed E-state index contributed by atoms with van der Waals surface area (Å²) in [6.45, 7) is 8.88. The van der Waals surface area contributed by atoms with Gasteiger partial charge < -0.3 is 5.32 Å². The lowest BCUT2D eigenvalue weighted by Gasteiger charge is -2.15. The first-order valence-corrected chi connectivity index (χ1v) is 10.7. The smallest absolute Gasteiger partial charge is 0.329 e. The molecule has 2 amide bonds. The minimum atomic E-state index is -3.88. The number of benzene rings is 1. The van der Waals surface area contributed by atoms with Gasteiger partial charge in [0.2, 0.25) is 0 Å². The summed E-state index contributed by atoms with van der Waals surface area (Å²) in [6, 6.07) is 5.51. The fourth-order valence-corrected chi connectivity index (χ4v) is 3.92. The highest BCUT2D eigenvalue weighted by atomic mass is 32.2. The summed E-state index contributed by atoms with van der Waals surface area (Å²) in [7, 11) is -3.88. The highest BCUT2D eigenvalue weighted by molar-refractivity contribution is 7.90. The van der Waals surface area contributed by atoms with Gasteiger partial charge in [-0.15, -0.1) is 11.3 Å². The summed E-state index contributed by atoms with van der Waals surface area (Å²) in [5, 5.41) is 5.22. The van der Waals surface area contributed by atoms with Crippen molar-refractivity contribution in [1.82, 2.24) is 19.9 Å². The second-order valence-corrected chi connectivity index (χ2v) is 8.42. The van der Waals surface area contributed by atoms with Gasteiger partial charge in [0.05, 0.1) is 17.1 Å². The minimum absolute atomic E-state index is 0.0500. The molecule has 0 saturated carbocycles. The Kier molecular flexibility index (Phi) is 7.13. The van der Waals surface area contributed by atoms with Crippen LogP contribution in [0.4, 0.5) is 4.79 Å². The number of aromatic nitrogens is 1. The summed E-state index contributed by atoms with van der Waals surface area (Å²) in [6.07, 6.45) is 0. The Labute approximate surface area is 158 Å². The van der Waals surface area contributed by atoms with Crippen molar-refractivity contribution in [2.24, 2.45) is 0 Å². The Hall–Kier alpha value is -1.97. The van der Waals surface area contributed by atoms with Crippen molar-refractivity contribution in [1.29, 1.82) is 0 Å². The first kappa shape index (κ1) is 20.3. The van der Waals surface area contributed by atoms with Gasteiger partial charge in [0.25, 0.3) is 10.0 Å². The maximum Gasteiger partial charge on any atom is 0.329 e. The number of urea groups is 1. The highest BCUT2D eigenvalue weighted by Gasteiger charge is 2.17. The van der Waals surface area contributed by atoms with Crippen LogP contribution in [-0.2, 0) is 23.1 Å². The number of hydrogen-bond acceptors (Lipinski definition) is 6. The lowest BCUT2D eigenvalue weighted by atomic mass is 10.2. The largest absolute Gasteiger partial charge is 0.331 e. The van der Waals surface area contributed by atoms with Gasteiger partial charge >= 0.3 is 6.03 Å². The molecule has 0 atom stereocenters. The Bertz CT molecular complexity index is 828. The van der Waals surface area contributed by atoms with E-state index in [0.29, 0.717) is 0 Å².